The topological polar surface area (TPSA) is 197 Å². The van der Waals surface area contributed by atoms with Gasteiger partial charge in [-0.2, -0.15) is 14.8 Å². The summed E-state index contributed by atoms with van der Waals surface area (Å²) in [5.41, 5.74) is 7.80. The minimum Gasteiger partial charge on any atom is -0.354 e. The summed E-state index contributed by atoms with van der Waals surface area (Å²) in [6.45, 7) is 7.18. The first-order chi connectivity index (χ1) is 35.6. The lowest BCUT2D eigenvalue weighted by molar-refractivity contribution is -0.126. The maximum atomic E-state index is 13.6. The van der Waals surface area contributed by atoms with E-state index in [1.54, 1.807) is 61.3 Å². The van der Waals surface area contributed by atoms with Gasteiger partial charge in [-0.05, 0) is 58.7 Å². The first-order valence-electron chi connectivity index (χ1n) is 24.5. The van der Waals surface area contributed by atoms with Crippen LogP contribution in [-0.4, -0.2) is 118 Å². The van der Waals surface area contributed by atoms with Gasteiger partial charge in [0.2, 0.25) is 21.8 Å². The molecule has 17 heteroatoms. The third-order valence-corrected chi connectivity index (χ3v) is 14.9. The lowest BCUT2D eigenvalue weighted by atomic mass is 10.1. The van der Waals surface area contributed by atoms with Gasteiger partial charge in [0.05, 0.1) is 46.9 Å². The summed E-state index contributed by atoms with van der Waals surface area (Å²) >= 11 is 0. The Hall–Kier alpha value is -7.77. The van der Waals surface area contributed by atoms with Gasteiger partial charge in [-0.3, -0.25) is 19.4 Å². The van der Waals surface area contributed by atoms with Crippen molar-refractivity contribution >= 4 is 21.8 Å². The highest BCUT2D eigenvalue weighted by molar-refractivity contribution is 7.89. The zero-order valence-corrected chi connectivity index (χ0v) is 41.5. The van der Waals surface area contributed by atoms with Crippen molar-refractivity contribution in [1.29, 1.82) is 10.5 Å². The van der Waals surface area contributed by atoms with E-state index >= 15 is 0 Å². The number of aromatic nitrogens is 4. The smallest absolute Gasteiger partial charge is 0.243 e. The number of nitrogens with one attached hydrogen (secondary N) is 3. The Kier molecular flexibility index (Phi) is 18.1. The lowest BCUT2D eigenvalue weighted by Gasteiger charge is -2.39. The zero-order chi connectivity index (χ0) is 50.8. The van der Waals surface area contributed by atoms with E-state index in [0.29, 0.717) is 76.3 Å². The molecule has 0 saturated carbocycles. The van der Waals surface area contributed by atoms with Gasteiger partial charge in [-0.25, -0.2) is 18.4 Å². The summed E-state index contributed by atoms with van der Waals surface area (Å²) in [7, 11) is -3.86. The monoisotopic (exact) mass is 996 g/mol. The molecule has 0 unspecified atom stereocenters. The Morgan fingerprint density at radius 1 is 0.575 bits per heavy atom. The highest BCUT2D eigenvalue weighted by Crippen LogP contribution is 2.23. The molecule has 2 amide bonds. The number of piperazine rings is 2. The molecule has 5 aromatic carbocycles. The molecule has 2 fully saturated rings. The van der Waals surface area contributed by atoms with Crippen molar-refractivity contribution < 1.29 is 18.0 Å². The Morgan fingerprint density at radius 3 is 1.55 bits per heavy atom. The lowest BCUT2D eigenvalue weighted by Crippen LogP contribution is -2.60. The van der Waals surface area contributed by atoms with Crippen LogP contribution in [-0.2, 0) is 58.6 Å². The molecule has 73 heavy (non-hydrogen) atoms. The molecule has 4 heterocycles. The van der Waals surface area contributed by atoms with E-state index in [9.17, 15) is 18.0 Å². The molecule has 0 spiro atoms. The molecule has 374 valence electrons. The fourth-order valence-corrected chi connectivity index (χ4v) is 10.6. The largest absolute Gasteiger partial charge is 0.354 e. The van der Waals surface area contributed by atoms with Gasteiger partial charge in [0.25, 0.3) is 0 Å². The Morgan fingerprint density at radius 2 is 1.04 bits per heavy atom. The maximum absolute atomic E-state index is 13.6. The molecule has 2 aliphatic rings. The van der Waals surface area contributed by atoms with Gasteiger partial charge in [-0.1, -0.05) is 103 Å². The number of benzene rings is 5. The number of hydrogen-bond acceptors (Lipinski definition) is 11. The van der Waals surface area contributed by atoms with Crippen molar-refractivity contribution in [3.8, 4) is 12.1 Å². The second-order valence-corrected chi connectivity index (χ2v) is 20.0. The van der Waals surface area contributed by atoms with Crippen LogP contribution in [0.3, 0.4) is 0 Å². The van der Waals surface area contributed by atoms with Gasteiger partial charge in [0, 0.05) is 115 Å². The Balaban J connectivity index is 0.000000201. The predicted octanol–water partition coefficient (Wildman–Crippen LogP) is 4.97. The fourth-order valence-electron chi connectivity index (χ4n) is 9.04. The van der Waals surface area contributed by atoms with Crippen LogP contribution in [0.25, 0.3) is 0 Å². The van der Waals surface area contributed by atoms with Gasteiger partial charge >= 0.3 is 0 Å². The molecular formula is C56H60N12O4S. The standard InChI is InChI=1S/C31H32N6O3S.C25H28N6O/c32-19-25-11-13-27(14-12-25)22-36-24-33-20-28(36)15-16-34-31(38)30-23-35(21-26-7-3-1-4-8-26)17-18-37(30)41(39,40)29-9-5-2-6-10-29;26-14-20-6-8-22(9-7-20)17-31-19-27-15-23(31)10-11-29-25(32)24-18-30(13-12-28-24)16-21-4-2-1-3-5-21/h1-14,20,24,30H,15-18,21-23H2,(H,34,38);1-9,15,19,24,28H,10-13,16-18H2,(H,29,32)/t30-;24-/m11/s1. The molecule has 3 N–H and O–H groups in total. The Bertz CT molecular complexity index is 3060. The molecule has 0 radical (unpaired) electrons. The minimum absolute atomic E-state index is 0.0425. The summed E-state index contributed by atoms with van der Waals surface area (Å²) in [5, 5.41) is 27.4. The van der Waals surface area contributed by atoms with Gasteiger partial charge in [0.1, 0.15) is 6.04 Å². The first kappa shape index (κ1) is 51.6. The average molecular weight is 997 g/mol. The number of nitrogens with zero attached hydrogens (tertiary/aromatic N) is 9. The average Bonchev–Trinajstić information content (AvgIpc) is 4.08. The van der Waals surface area contributed by atoms with E-state index in [2.05, 4.69) is 64.6 Å². The minimum atomic E-state index is -3.86. The van der Waals surface area contributed by atoms with Gasteiger partial charge in [0.15, 0.2) is 0 Å². The van der Waals surface area contributed by atoms with Crippen LogP contribution in [0, 0.1) is 22.7 Å². The van der Waals surface area contributed by atoms with Crippen molar-refractivity contribution in [2.75, 3.05) is 52.4 Å². The molecule has 0 aliphatic carbocycles. The Labute approximate surface area is 427 Å². The highest BCUT2D eigenvalue weighted by atomic mass is 32.2. The zero-order valence-electron chi connectivity index (χ0n) is 40.7. The third kappa shape index (κ3) is 14.4. The van der Waals surface area contributed by atoms with E-state index in [1.165, 1.54) is 9.87 Å². The molecule has 0 bridgehead atoms. The predicted molar refractivity (Wildman–Crippen MR) is 278 cm³/mol. The number of hydrogen-bond donors (Lipinski definition) is 3. The summed E-state index contributed by atoms with van der Waals surface area (Å²) in [6.07, 6.45) is 8.41. The number of carbonyl (C=O) groups excluding carboxylic acids is 2. The van der Waals surface area contributed by atoms with Crippen LogP contribution in [0.1, 0.15) is 44.8 Å². The van der Waals surface area contributed by atoms with Crippen molar-refractivity contribution in [3.05, 3.63) is 209 Å². The van der Waals surface area contributed by atoms with E-state index in [-0.39, 0.29) is 29.3 Å². The highest BCUT2D eigenvalue weighted by Gasteiger charge is 2.40. The SMILES string of the molecule is N#Cc1ccc(Cn2cncc2CCNC(=O)[C@H]2CN(Cc3ccccc3)CCN2)cc1.N#Cc1ccc(Cn2cncc2CCNC(=O)[C@H]2CN(Cc3ccccc3)CCN2S(=O)(=O)c2ccccc2)cc1. The van der Waals surface area contributed by atoms with E-state index < -0.39 is 16.1 Å². The number of nitriles is 2. The van der Waals surface area contributed by atoms with Crippen LogP contribution < -0.4 is 16.0 Å². The number of sulfonamides is 1. The second kappa shape index (κ2) is 25.6. The summed E-state index contributed by atoms with van der Waals surface area (Å²) in [4.78, 5) is 39.4. The number of amides is 2. The molecule has 9 rings (SSSR count). The maximum Gasteiger partial charge on any atom is 0.243 e. The molecule has 2 aliphatic heterocycles. The first-order valence-corrected chi connectivity index (χ1v) is 25.9. The molecular weight excluding hydrogens is 937 g/mol. The molecule has 2 saturated heterocycles. The van der Waals surface area contributed by atoms with Crippen molar-refractivity contribution in [2.45, 2.75) is 56.0 Å². The normalized spacial score (nSPS) is 16.3. The van der Waals surface area contributed by atoms with Crippen molar-refractivity contribution in [2.24, 2.45) is 0 Å². The molecule has 2 atom stereocenters. The fraction of sp³-hybridized carbons (Fsp3) is 0.286. The van der Waals surface area contributed by atoms with E-state index in [1.807, 2.05) is 95.7 Å². The van der Waals surface area contributed by atoms with E-state index in [4.69, 9.17) is 10.5 Å². The number of rotatable bonds is 18. The van der Waals surface area contributed by atoms with E-state index in [0.717, 1.165) is 47.7 Å². The number of carbonyl (C=O) groups is 2. The van der Waals surface area contributed by atoms with Crippen LogP contribution >= 0.6 is 0 Å². The van der Waals surface area contributed by atoms with Crippen molar-refractivity contribution in [3.63, 3.8) is 0 Å². The molecule has 16 nitrogen and oxygen atoms in total. The van der Waals surface area contributed by atoms with Crippen molar-refractivity contribution in [1.82, 2.24) is 49.2 Å². The number of imidazole rings is 2. The van der Waals surface area contributed by atoms with Crippen LogP contribution in [0.5, 0.6) is 0 Å². The van der Waals surface area contributed by atoms with Crippen LogP contribution in [0.2, 0.25) is 0 Å². The summed E-state index contributed by atoms with van der Waals surface area (Å²) < 4.78 is 32.6. The van der Waals surface area contributed by atoms with Gasteiger partial charge in [-0.15, -0.1) is 0 Å². The molecule has 2 aromatic heterocycles. The second-order valence-electron chi connectivity index (χ2n) is 18.1. The molecule has 7 aromatic rings. The summed E-state index contributed by atoms with van der Waals surface area (Å²) in [5.74, 6) is -0.277. The van der Waals surface area contributed by atoms with Gasteiger partial charge < -0.3 is 25.1 Å². The third-order valence-electron chi connectivity index (χ3n) is 13.0. The quantitative estimate of drug-likeness (QED) is 0.105. The van der Waals surface area contributed by atoms with Crippen LogP contribution in [0.15, 0.2) is 169 Å². The van der Waals surface area contributed by atoms with Crippen LogP contribution in [0.4, 0.5) is 0 Å². The summed E-state index contributed by atoms with van der Waals surface area (Å²) in [6, 6.07) is 46.8.